The van der Waals surface area contributed by atoms with Crippen molar-refractivity contribution >= 4 is 0 Å². The van der Waals surface area contributed by atoms with Crippen LogP contribution >= 0.6 is 0 Å². The van der Waals surface area contributed by atoms with Gasteiger partial charge in [-0.2, -0.15) is 0 Å². The number of rotatable bonds is 8. The van der Waals surface area contributed by atoms with Crippen molar-refractivity contribution in [3.8, 4) is 0 Å². The highest BCUT2D eigenvalue weighted by Gasteiger charge is 2.14. The van der Waals surface area contributed by atoms with Crippen LogP contribution in [-0.2, 0) is 12.1 Å². The van der Waals surface area contributed by atoms with E-state index in [1.54, 1.807) is 0 Å². The number of hydrogen-bond acceptors (Lipinski definition) is 4. The van der Waals surface area contributed by atoms with Crippen molar-refractivity contribution in [2.45, 2.75) is 65.6 Å². The van der Waals surface area contributed by atoms with Crippen LogP contribution < -0.4 is 5.32 Å². The van der Waals surface area contributed by atoms with E-state index in [1.165, 1.54) is 19.4 Å². The highest BCUT2D eigenvalue weighted by atomic mass is 15.4. The first kappa shape index (κ1) is 17.1. The number of aromatic nitrogens is 3. The van der Waals surface area contributed by atoms with E-state index in [2.05, 4.69) is 62.2 Å². The zero-order chi connectivity index (χ0) is 15.2. The molecule has 0 fully saturated rings. The van der Waals surface area contributed by atoms with Crippen molar-refractivity contribution < 1.29 is 0 Å². The average molecular weight is 281 g/mol. The Morgan fingerprint density at radius 1 is 1.30 bits per heavy atom. The molecular weight excluding hydrogens is 250 g/mol. The predicted octanol–water partition coefficient (Wildman–Crippen LogP) is 2.24. The third-order valence-corrected chi connectivity index (χ3v) is 3.53. The molecule has 0 aliphatic heterocycles. The van der Waals surface area contributed by atoms with Gasteiger partial charge in [0.05, 0.1) is 17.4 Å². The van der Waals surface area contributed by atoms with E-state index >= 15 is 0 Å². The molecule has 0 amide bonds. The molecule has 0 radical (unpaired) electrons. The van der Waals surface area contributed by atoms with Gasteiger partial charge in [-0.25, -0.2) is 4.68 Å². The molecule has 0 unspecified atom stereocenters. The fraction of sp³-hybridized carbons (Fsp3) is 0.867. The summed E-state index contributed by atoms with van der Waals surface area (Å²) in [5, 5.41) is 11.8. The molecule has 1 aromatic heterocycles. The fourth-order valence-corrected chi connectivity index (χ4v) is 1.79. The maximum absolute atomic E-state index is 4.19. The topological polar surface area (TPSA) is 46.0 Å². The maximum Gasteiger partial charge on any atom is 0.0965 e. The molecule has 0 atom stereocenters. The summed E-state index contributed by atoms with van der Waals surface area (Å²) >= 11 is 0. The van der Waals surface area contributed by atoms with Gasteiger partial charge in [0.1, 0.15) is 0 Å². The van der Waals surface area contributed by atoms with Gasteiger partial charge in [-0.3, -0.25) is 0 Å². The summed E-state index contributed by atoms with van der Waals surface area (Å²) in [7, 11) is 2.18. The summed E-state index contributed by atoms with van der Waals surface area (Å²) in [6.45, 7) is 13.9. The molecule has 0 aromatic carbocycles. The Kier molecular flexibility index (Phi) is 6.62. The minimum atomic E-state index is 0.00663. The van der Waals surface area contributed by atoms with Crippen molar-refractivity contribution in [2.75, 3.05) is 20.1 Å². The lowest BCUT2D eigenvalue weighted by atomic mass is 10.1. The van der Waals surface area contributed by atoms with Crippen LogP contribution in [0.25, 0.3) is 0 Å². The molecule has 116 valence electrons. The van der Waals surface area contributed by atoms with Gasteiger partial charge in [0, 0.05) is 12.6 Å². The molecule has 0 saturated heterocycles. The Morgan fingerprint density at radius 2 is 2.00 bits per heavy atom. The number of nitrogens with zero attached hydrogens (tertiary/aromatic N) is 4. The van der Waals surface area contributed by atoms with Gasteiger partial charge in [-0.1, -0.05) is 5.21 Å². The molecule has 0 bridgehead atoms. The lowest BCUT2D eigenvalue weighted by Gasteiger charge is -2.20. The van der Waals surface area contributed by atoms with Gasteiger partial charge in [-0.15, -0.1) is 5.10 Å². The maximum atomic E-state index is 4.19. The highest BCUT2D eigenvalue weighted by Crippen LogP contribution is 2.11. The van der Waals surface area contributed by atoms with E-state index < -0.39 is 0 Å². The van der Waals surface area contributed by atoms with Crippen molar-refractivity contribution in [2.24, 2.45) is 0 Å². The summed E-state index contributed by atoms with van der Waals surface area (Å²) in [5.41, 5.74) is 1.02. The minimum Gasteiger partial charge on any atom is -0.311 e. The molecule has 1 N–H and O–H groups in total. The SMILES string of the molecule is CC(C)N(C)CCCCNCc1cn(C(C)(C)C)nn1. The van der Waals surface area contributed by atoms with E-state index in [0.717, 1.165) is 18.8 Å². The van der Waals surface area contributed by atoms with E-state index in [0.29, 0.717) is 6.04 Å². The molecule has 0 spiro atoms. The smallest absolute Gasteiger partial charge is 0.0965 e. The summed E-state index contributed by atoms with van der Waals surface area (Å²) in [6, 6.07) is 0.635. The molecule has 1 rings (SSSR count). The van der Waals surface area contributed by atoms with E-state index in [-0.39, 0.29) is 5.54 Å². The first-order chi connectivity index (χ1) is 9.30. The lowest BCUT2D eigenvalue weighted by molar-refractivity contribution is 0.268. The van der Waals surface area contributed by atoms with Crippen LogP contribution in [0.15, 0.2) is 6.20 Å². The third kappa shape index (κ3) is 6.01. The second kappa shape index (κ2) is 7.74. The Morgan fingerprint density at radius 3 is 2.55 bits per heavy atom. The molecule has 0 aliphatic rings. The second-order valence-electron chi connectivity index (χ2n) is 6.78. The van der Waals surface area contributed by atoms with Crippen LogP contribution in [0.5, 0.6) is 0 Å². The Labute approximate surface area is 123 Å². The largest absolute Gasteiger partial charge is 0.311 e. The van der Waals surface area contributed by atoms with Crippen molar-refractivity contribution in [1.29, 1.82) is 0 Å². The van der Waals surface area contributed by atoms with Gasteiger partial charge in [-0.05, 0) is 67.6 Å². The Bertz CT molecular complexity index is 378. The van der Waals surface area contributed by atoms with Crippen molar-refractivity contribution in [1.82, 2.24) is 25.2 Å². The van der Waals surface area contributed by atoms with Gasteiger partial charge in [0.25, 0.3) is 0 Å². The third-order valence-electron chi connectivity index (χ3n) is 3.53. The van der Waals surface area contributed by atoms with Crippen LogP contribution in [-0.4, -0.2) is 46.1 Å². The quantitative estimate of drug-likeness (QED) is 0.742. The number of nitrogens with one attached hydrogen (secondary N) is 1. The summed E-state index contributed by atoms with van der Waals surface area (Å²) in [4.78, 5) is 2.38. The zero-order valence-electron chi connectivity index (χ0n) is 14.0. The number of hydrogen-bond donors (Lipinski definition) is 1. The van der Waals surface area contributed by atoms with Crippen molar-refractivity contribution in [3.63, 3.8) is 0 Å². The number of unbranched alkanes of at least 4 members (excludes halogenated alkanes) is 1. The average Bonchev–Trinajstić information content (AvgIpc) is 2.81. The van der Waals surface area contributed by atoms with Crippen LogP contribution in [0.1, 0.15) is 53.2 Å². The molecule has 1 aromatic rings. The van der Waals surface area contributed by atoms with E-state index in [1.807, 2.05) is 10.9 Å². The summed E-state index contributed by atoms with van der Waals surface area (Å²) < 4.78 is 1.92. The standard InChI is InChI=1S/C15H31N5/c1-13(2)19(6)10-8-7-9-16-11-14-12-20(18-17-14)15(3,4)5/h12-13,16H,7-11H2,1-6H3. The summed E-state index contributed by atoms with van der Waals surface area (Å²) in [6.07, 6.45) is 4.46. The predicted molar refractivity (Wildman–Crippen MR) is 83.7 cm³/mol. The molecule has 1 heterocycles. The monoisotopic (exact) mass is 281 g/mol. The first-order valence-corrected chi connectivity index (χ1v) is 7.63. The highest BCUT2D eigenvalue weighted by molar-refractivity contribution is 4.93. The molecule has 0 saturated carbocycles. The molecular formula is C15H31N5. The van der Waals surface area contributed by atoms with Crippen LogP contribution in [0.4, 0.5) is 0 Å². The molecule has 5 nitrogen and oxygen atoms in total. The normalized spacial score (nSPS) is 12.6. The van der Waals surface area contributed by atoms with E-state index in [4.69, 9.17) is 0 Å². The van der Waals surface area contributed by atoms with Gasteiger partial charge >= 0.3 is 0 Å². The van der Waals surface area contributed by atoms with E-state index in [9.17, 15) is 0 Å². The van der Waals surface area contributed by atoms with Crippen LogP contribution in [0, 0.1) is 0 Å². The molecule has 0 aliphatic carbocycles. The van der Waals surface area contributed by atoms with Crippen LogP contribution in [0.3, 0.4) is 0 Å². The zero-order valence-corrected chi connectivity index (χ0v) is 14.0. The first-order valence-electron chi connectivity index (χ1n) is 7.63. The summed E-state index contributed by atoms with van der Waals surface area (Å²) in [5.74, 6) is 0. The minimum absolute atomic E-state index is 0.00663. The molecule has 20 heavy (non-hydrogen) atoms. The second-order valence-corrected chi connectivity index (χ2v) is 6.78. The van der Waals surface area contributed by atoms with Gasteiger partial charge < -0.3 is 10.2 Å². The Balaban J connectivity index is 2.14. The van der Waals surface area contributed by atoms with Gasteiger partial charge in [0.15, 0.2) is 0 Å². The Hall–Kier alpha value is -0.940. The fourth-order valence-electron chi connectivity index (χ4n) is 1.79. The molecule has 5 heteroatoms. The van der Waals surface area contributed by atoms with Gasteiger partial charge in [0.2, 0.25) is 0 Å². The lowest BCUT2D eigenvalue weighted by Crippen LogP contribution is -2.27. The van der Waals surface area contributed by atoms with Crippen LogP contribution in [0.2, 0.25) is 0 Å². The van der Waals surface area contributed by atoms with Crippen molar-refractivity contribution in [3.05, 3.63) is 11.9 Å².